The largest absolute Gasteiger partial charge is 0.458 e. The first-order valence-electron chi connectivity index (χ1n) is 5.07. The van der Waals surface area contributed by atoms with Crippen molar-refractivity contribution in [3.63, 3.8) is 0 Å². The van der Waals surface area contributed by atoms with Gasteiger partial charge in [-0.15, -0.1) is 0 Å². The summed E-state index contributed by atoms with van der Waals surface area (Å²) in [4.78, 5) is 11.1. The second-order valence-electron chi connectivity index (χ2n) is 3.52. The van der Waals surface area contributed by atoms with Crippen molar-refractivity contribution >= 4 is 29.8 Å². The molecule has 0 atom stereocenters. The molecule has 0 aliphatic rings. The van der Waals surface area contributed by atoms with Crippen molar-refractivity contribution in [1.82, 2.24) is 0 Å². The van der Waals surface area contributed by atoms with Crippen molar-refractivity contribution < 1.29 is 13.6 Å². The second kappa shape index (κ2) is 5.51. The number of thioether (sulfide) groups is 2. The van der Waals surface area contributed by atoms with E-state index in [1.165, 1.54) is 23.5 Å². The van der Waals surface area contributed by atoms with E-state index in [1.807, 2.05) is 26.0 Å². The Bertz CT molecular complexity index is 459. The van der Waals surface area contributed by atoms with Crippen LogP contribution in [0.1, 0.15) is 11.1 Å². The lowest BCUT2D eigenvalue weighted by Crippen LogP contribution is -1.97. The lowest BCUT2D eigenvalue weighted by molar-refractivity contribution is -0.106. The number of furan rings is 2. The van der Waals surface area contributed by atoms with Crippen molar-refractivity contribution in [1.29, 1.82) is 0 Å². The van der Waals surface area contributed by atoms with Crippen LogP contribution in [-0.4, -0.2) is 10.9 Å². The third kappa shape index (κ3) is 2.98. The Balaban J connectivity index is 2.05. The van der Waals surface area contributed by atoms with Gasteiger partial charge in [0.05, 0.1) is 12.5 Å². The molecule has 0 aliphatic heterocycles. The van der Waals surface area contributed by atoms with Crippen LogP contribution in [0.4, 0.5) is 0 Å². The van der Waals surface area contributed by atoms with Crippen LogP contribution < -0.4 is 0 Å². The van der Waals surface area contributed by atoms with Crippen LogP contribution in [0, 0.1) is 13.8 Å². The summed E-state index contributed by atoms with van der Waals surface area (Å²) in [7, 11) is 0. The van der Waals surface area contributed by atoms with Gasteiger partial charge in [0.15, 0.2) is 10.2 Å². The summed E-state index contributed by atoms with van der Waals surface area (Å²) in [6.45, 7) is 3.91. The molecule has 2 aromatic heterocycles. The minimum Gasteiger partial charge on any atom is -0.458 e. The average Bonchev–Trinajstić information content (AvgIpc) is 2.89. The van der Waals surface area contributed by atoms with E-state index in [4.69, 9.17) is 8.83 Å². The van der Waals surface area contributed by atoms with Gasteiger partial charge in [-0.2, -0.15) is 0 Å². The number of carbonyl (C=O) groups excluding carboxylic acids is 1. The van der Waals surface area contributed by atoms with E-state index in [-0.39, 0.29) is 4.58 Å². The molecule has 0 aromatic carbocycles. The van der Waals surface area contributed by atoms with E-state index in [9.17, 15) is 4.79 Å². The van der Waals surface area contributed by atoms with Gasteiger partial charge in [0.2, 0.25) is 0 Å². The summed E-state index contributed by atoms with van der Waals surface area (Å²) in [5, 5.41) is 1.55. The number of aldehydes is 1. The maximum atomic E-state index is 11.1. The van der Waals surface area contributed by atoms with Crippen LogP contribution in [0.3, 0.4) is 0 Å². The Morgan fingerprint density at radius 2 is 1.53 bits per heavy atom. The molecule has 0 amide bonds. The van der Waals surface area contributed by atoms with E-state index in [1.54, 1.807) is 12.5 Å². The molecular weight excluding hydrogens is 256 g/mol. The zero-order valence-electron chi connectivity index (χ0n) is 9.51. The highest BCUT2D eigenvalue weighted by Crippen LogP contribution is 2.37. The number of rotatable bonds is 5. The van der Waals surface area contributed by atoms with Crippen LogP contribution in [0.25, 0.3) is 0 Å². The van der Waals surface area contributed by atoms with Gasteiger partial charge in [-0.3, -0.25) is 0 Å². The highest BCUT2D eigenvalue weighted by Gasteiger charge is 2.17. The van der Waals surface area contributed by atoms with Gasteiger partial charge >= 0.3 is 0 Å². The molecule has 17 heavy (non-hydrogen) atoms. The van der Waals surface area contributed by atoms with Gasteiger partial charge < -0.3 is 13.6 Å². The molecule has 0 bridgehead atoms. The SMILES string of the molecule is Cc1ccoc1SC(C=O)Sc1occc1C. The molecule has 0 saturated carbocycles. The fraction of sp³-hybridized carbons (Fsp3) is 0.250. The third-order valence-electron chi connectivity index (χ3n) is 2.19. The topological polar surface area (TPSA) is 43.4 Å². The molecular formula is C12H12O3S2. The van der Waals surface area contributed by atoms with Crippen LogP contribution in [0.5, 0.6) is 0 Å². The van der Waals surface area contributed by atoms with Crippen molar-refractivity contribution in [2.75, 3.05) is 0 Å². The molecule has 5 heteroatoms. The van der Waals surface area contributed by atoms with Crippen molar-refractivity contribution in [3.8, 4) is 0 Å². The normalized spacial score (nSPS) is 11.0. The maximum absolute atomic E-state index is 11.1. The Labute approximate surface area is 108 Å². The summed E-state index contributed by atoms with van der Waals surface area (Å²) < 4.78 is 10.4. The Morgan fingerprint density at radius 3 is 1.82 bits per heavy atom. The van der Waals surface area contributed by atoms with Crippen LogP contribution >= 0.6 is 23.5 Å². The maximum Gasteiger partial charge on any atom is 0.164 e. The standard InChI is InChI=1S/C12H12O3S2/c1-8-3-5-14-11(8)16-10(7-13)17-12-9(2)4-6-15-12/h3-7,10H,1-2H3. The first-order valence-corrected chi connectivity index (χ1v) is 6.83. The highest BCUT2D eigenvalue weighted by molar-refractivity contribution is 8.17. The van der Waals surface area contributed by atoms with Crippen LogP contribution in [0.2, 0.25) is 0 Å². The van der Waals surface area contributed by atoms with E-state index in [0.29, 0.717) is 0 Å². The molecule has 0 spiro atoms. The van der Waals surface area contributed by atoms with Gasteiger partial charge in [0.1, 0.15) is 10.9 Å². The molecule has 2 heterocycles. The van der Waals surface area contributed by atoms with Crippen LogP contribution in [-0.2, 0) is 4.79 Å². The van der Waals surface area contributed by atoms with E-state index >= 15 is 0 Å². The molecule has 0 fully saturated rings. The van der Waals surface area contributed by atoms with Gasteiger partial charge in [-0.1, -0.05) is 23.5 Å². The summed E-state index contributed by atoms with van der Waals surface area (Å²) in [6, 6.07) is 3.76. The van der Waals surface area contributed by atoms with Crippen LogP contribution in [0.15, 0.2) is 43.7 Å². The van der Waals surface area contributed by atoms with Crippen molar-refractivity contribution in [2.24, 2.45) is 0 Å². The average molecular weight is 268 g/mol. The van der Waals surface area contributed by atoms with Gasteiger partial charge in [0.25, 0.3) is 0 Å². The molecule has 0 saturated heterocycles. The summed E-state index contributed by atoms with van der Waals surface area (Å²) in [5.41, 5.74) is 2.08. The summed E-state index contributed by atoms with van der Waals surface area (Å²) in [6.07, 6.45) is 4.16. The molecule has 0 aliphatic carbocycles. The number of hydrogen-bond donors (Lipinski definition) is 0. The fourth-order valence-electron chi connectivity index (χ4n) is 1.25. The zero-order valence-corrected chi connectivity index (χ0v) is 11.1. The first-order chi connectivity index (χ1) is 8.20. The lowest BCUT2D eigenvalue weighted by atomic mass is 10.4. The lowest BCUT2D eigenvalue weighted by Gasteiger charge is -2.06. The monoisotopic (exact) mass is 268 g/mol. The molecule has 2 rings (SSSR count). The summed E-state index contributed by atoms with van der Waals surface area (Å²) in [5.74, 6) is 0. The molecule has 3 nitrogen and oxygen atoms in total. The van der Waals surface area contributed by atoms with Crippen molar-refractivity contribution in [2.45, 2.75) is 28.6 Å². The van der Waals surface area contributed by atoms with Crippen molar-refractivity contribution in [3.05, 3.63) is 35.8 Å². The smallest absolute Gasteiger partial charge is 0.164 e. The zero-order chi connectivity index (χ0) is 12.3. The first kappa shape index (κ1) is 12.4. The molecule has 0 radical (unpaired) electrons. The van der Waals surface area contributed by atoms with Gasteiger partial charge in [-0.25, -0.2) is 0 Å². The Morgan fingerprint density at radius 1 is 1.06 bits per heavy atom. The van der Waals surface area contributed by atoms with E-state index in [0.717, 1.165) is 27.6 Å². The summed E-state index contributed by atoms with van der Waals surface area (Å²) >= 11 is 2.79. The minimum absolute atomic E-state index is 0.260. The Kier molecular flexibility index (Phi) is 4.02. The number of hydrogen-bond acceptors (Lipinski definition) is 5. The molecule has 0 unspecified atom stereocenters. The minimum atomic E-state index is -0.260. The molecule has 90 valence electrons. The Hall–Kier alpha value is -1.07. The van der Waals surface area contributed by atoms with Gasteiger partial charge in [-0.05, 0) is 26.0 Å². The van der Waals surface area contributed by atoms with E-state index < -0.39 is 0 Å². The third-order valence-corrected chi connectivity index (χ3v) is 4.72. The number of aryl methyl sites for hydroxylation is 2. The predicted molar refractivity (Wildman–Crippen MR) is 68.5 cm³/mol. The number of carbonyl (C=O) groups is 1. The predicted octanol–water partition coefficient (Wildman–Crippen LogP) is 3.90. The van der Waals surface area contributed by atoms with E-state index in [2.05, 4.69) is 0 Å². The highest BCUT2D eigenvalue weighted by atomic mass is 32.2. The quantitative estimate of drug-likeness (QED) is 0.467. The van der Waals surface area contributed by atoms with Gasteiger partial charge in [0, 0.05) is 11.1 Å². The molecule has 2 aromatic rings. The second-order valence-corrected chi connectivity index (χ2v) is 6.05. The fourth-order valence-corrected chi connectivity index (χ4v) is 3.23. The molecule has 0 N–H and O–H groups in total.